The van der Waals surface area contributed by atoms with Crippen molar-refractivity contribution in [3.05, 3.63) is 0 Å². The van der Waals surface area contributed by atoms with Gasteiger partial charge in [0.25, 0.3) is 0 Å². The van der Waals surface area contributed by atoms with Gasteiger partial charge in [0.15, 0.2) is 6.10 Å². The molecule has 0 saturated carbocycles. The first-order valence-corrected chi connectivity index (χ1v) is 4.08. The molecule has 1 amide bonds. The Morgan fingerprint density at radius 2 is 2.07 bits per heavy atom. The van der Waals surface area contributed by atoms with E-state index in [0.29, 0.717) is 11.3 Å². The standard InChI is InChI=1S/C7H10F3NO3/c8-7(9,10)5(12)4-2-1-3-11(4)6(13)14/h4-5,12H,1-3H2,(H,13,14)/t4-,5?/m0/s1. The summed E-state index contributed by atoms with van der Waals surface area (Å²) in [4.78, 5) is 11.1. The van der Waals surface area contributed by atoms with E-state index in [1.807, 2.05) is 0 Å². The number of alkyl halides is 3. The number of likely N-dealkylation sites (tertiary alicyclic amines) is 1. The van der Waals surface area contributed by atoms with Crippen LogP contribution in [0.4, 0.5) is 18.0 Å². The number of aliphatic hydroxyl groups is 1. The number of carbonyl (C=O) groups is 1. The van der Waals surface area contributed by atoms with Crippen molar-refractivity contribution in [1.82, 2.24) is 4.90 Å². The van der Waals surface area contributed by atoms with Gasteiger partial charge in [0, 0.05) is 6.54 Å². The van der Waals surface area contributed by atoms with E-state index in [-0.39, 0.29) is 13.0 Å². The third kappa shape index (κ3) is 2.09. The number of amides is 1. The summed E-state index contributed by atoms with van der Waals surface area (Å²) in [6.45, 7) is 0.0487. The Morgan fingerprint density at radius 3 is 2.50 bits per heavy atom. The molecule has 1 heterocycles. The van der Waals surface area contributed by atoms with Crippen LogP contribution in [0.2, 0.25) is 0 Å². The third-order valence-electron chi connectivity index (χ3n) is 2.24. The molecule has 14 heavy (non-hydrogen) atoms. The van der Waals surface area contributed by atoms with E-state index in [4.69, 9.17) is 10.2 Å². The lowest BCUT2D eigenvalue weighted by atomic mass is 10.1. The molecule has 2 atom stereocenters. The quantitative estimate of drug-likeness (QED) is 0.684. The first-order chi connectivity index (χ1) is 6.34. The molecule has 0 radical (unpaired) electrons. The second-order valence-electron chi connectivity index (χ2n) is 3.17. The van der Waals surface area contributed by atoms with Crippen molar-refractivity contribution >= 4 is 6.09 Å². The predicted molar refractivity (Wildman–Crippen MR) is 39.8 cm³/mol. The van der Waals surface area contributed by atoms with E-state index in [9.17, 15) is 18.0 Å². The van der Waals surface area contributed by atoms with Gasteiger partial charge < -0.3 is 15.1 Å². The Labute approximate surface area is 77.9 Å². The minimum Gasteiger partial charge on any atom is -0.465 e. The van der Waals surface area contributed by atoms with Gasteiger partial charge in [0.05, 0.1) is 6.04 Å². The highest BCUT2D eigenvalue weighted by Gasteiger charge is 2.48. The molecule has 1 aliphatic rings. The SMILES string of the molecule is O=C(O)N1CCC[C@H]1C(O)C(F)(F)F. The molecule has 0 bridgehead atoms. The van der Waals surface area contributed by atoms with Crippen LogP contribution in [-0.4, -0.2) is 46.1 Å². The van der Waals surface area contributed by atoms with Crippen molar-refractivity contribution in [3.63, 3.8) is 0 Å². The number of carboxylic acid groups (broad SMARTS) is 1. The number of hydrogen-bond acceptors (Lipinski definition) is 2. The van der Waals surface area contributed by atoms with Crippen LogP contribution in [0.15, 0.2) is 0 Å². The molecule has 1 saturated heterocycles. The van der Waals surface area contributed by atoms with E-state index < -0.39 is 24.4 Å². The molecule has 0 aliphatic carbocycles. The number of halogens is 3. The maximum Gasteiger partial charge on any atom is 0.416 e. The fourth-order valence-corrected chi connectivity index (χ4v) is 1.58. The van der Waals surface area contributed by atoms with Gasteiger partial charge in [0.1, 0.15) is 0 Å². The van der Waals surface area contributed by atoms with E-state index in [1.54, 1.807) is 0 Å². The molecule has 0 aromatic heterocycles. The molecule has 0 aromatic carbocycles. The molecule has 1 aliphatic heterocycles. The first kappa shape index (κ1) is 11.1. The lowest BCUT2D eigenvalue weighted by Crippen LogP contribution is -2.48. The van der Waals surface area contributed by atoms with Crippen molar-refractivity contribution in [3.8, 4) is 0 Å². The van der Waals surface area contributed by atoms with E-state index in [2.05, 4.69) is 0 Å². The maximum absolute atomic E-state index is 12.1. The Kier molecular flexibility index (Phi) is 2.89. The lowest BCUT2D eigenvalue weighted by Gasteiger charge is -2.27. The first-order valence-electron chi connectivity index (χ1n) is 4.08. The summed E-state index contributed by atoms with van der Waals surface area (Å²) in [5, 5.41) is 17.4. The monoisotopic (exact) mass is 213 g/mol. The third-order valence-corrected chi connectivity index (χ3v) is 2.24. The van der Waals surface area contributed by atoms with Crippen LogP contribution in [0.5, 0.6) is 0 Å². The zero-order chi connectivity index (χ0) is 10.9. The van der Waals surface area contributed by atoms with Gasteiger partial charge in [-0.1, -0.05) is 0 Å². The van der Waals surface area contributed by atoms with Crippen LogP contribution in [0, 0.1) is 0 Å². The van der Waals surface area contributed by atoms with E-state index >= 15 is 0 Å². The van der Waals surface area contributed by atoms with Crippen molar-refractivity contribution in [2.24, 2.45) is 0 Å². The molecule has 0 aromatic rings. The topological polar surface area (TPSA) is 60.8 Å². The maximum atomic E-state index is 12.1. The fraction of sp³-hybridized carbons (Fsp3) is 0.857. The van der Waals surface area contributed by atoms with Crippen molar-refractivity contribution < 1.29 is 28.2 Å². The van der Waals surface area contributed by atoms with Gasteiger partial charge >= 0.3 is 12.3 Å². The minimum atomic E-state index is -4.76. The van der Waals surface area contributed by atoms with Crippen LogP contribution in [0.25, 0.3) is 0 Å². The summed E-state index contributed by atoms with van der Waals surface area (Å²) in [5.74, 6) is 0. The van der Waals surface area contributed by atoms with Crippen LogP contribution < -0.4 is 0 Å². The number of hydrogen-bond donors (Lipinski definition) is 2. The molecule has 82 valence electrons. The van der Waals surface area contributed by atoms with Crippen molar-refractivity contribution in [2.75, 3.05) is 6.54 Å². The summed E-state index contributed by atoms with van der Waals surface area (Å²) < 4.78 is 36.2. The fourth-order valence-electron chi connectivity index (χ4n) is 1.58. The summed E-state index contributed by atoms with van der Waals surface area (Å²) in [7, 11) is 0. The van der Waals surface area contributed by atoms with Gasteiger partial charge in [-0.3, -0.25) is 0 Å². The summed E-state index contributed by atoms with van der Waals surface area (Å²) >= 11 is 0. The van der Waals surface area contributed by atoms with Crippen LogP contribution in [0.1, 0.15) is 12.8 Å². The Bertz CT molecular complexity index is 231. The van der Waals surface area contributed by atoms with Crippen LogP contribution >= 0.6 is 0 Å². The molecule has 1 unspecified atom stereocenters. The van der Waals surface area contributed by atoms with Gasteiger partial charge in [0.2, 0.25) is 0 Å². The highest BCUT2D eigenvalue weighted by molar-refractivity contribution is 5.65. The molecule has 4 nitrogen and oxygen atoms in total. The molecular formula is C7H10F3NO3. The van der Waals surface area contributed by atoms with Crippen LogP contribution in [-0.2, 0) is 0 Å². The second kappa shape index (κ2) is 3.64. The largest absolute Gasteiger partial charge is 0.465 e. The summed E-state index contributed by atoms with van der Waals surface area (Å²) in [6.07, 6.45) is -8.36. The molecule has 1 rings (SSSR count). The van der Waals surface area contributed by atoms with Gasteiger partial charge in [-0.2, -0.15) is 13.2 Å². The van der Waals surface area contributed by atoms with Crippen molar-refractivity contribution in [1.29, 1.82) is 0 Å². The Hall–Kier alpha value is -0.980. The Morgan fingerprint density at radius 1 is 1.50 bits per heavy atom. The number of nitrogens with zero attached hydrogens (tertiary/aromatic N) is 1. The predicted octanol–water partition coefficient (Wildman–Crippen LogP) is 1.05. The molecule has 2 N–H and O–H groups in total. The smallest absolute Gasteiger partial charge is 0.416 e. The second-order valence-corrected chi connectivity index (χ2v) is 3.17. The summed E-state index contributed by atoms with van der Waals surface area (Å²) in [6, 6.07) is -1.35. The highest BCUT2D eigenvalue weighted by Crippen LogP contribution is 2.30. The van der Waals surface area contributed by atoms with E-state index in [0.717, 1.165) is 0 Å². The highest BCUT2D eigenvalue weighted by atomic mass is 19.4. The van der Waals surface area contributed by atoms with E-state index in [1.165, 1.54) is 0 Å². The molecule has 7 heteroatoms. The zero-order valence-electron chi connectivity index (χ0n) is 7.16. The van der Waals surface area contributed by atoms with Gasteiger partial charge in [-0.25, -0.2) is 4.79 Å². The minimum absolute atomic E-state index is 0.0486. The number of rotatable bonds is 1. The summed E-state index contributed by atoms with van der Waals surface area (Å²) in [5.41, 5.74) is 0. The normalized spacial score (nSPS) is 25.1. The lowest BCUT2D eigenvalue weighted by molar-refractivity contribution is -0.217. The van der Waals surface area contributed by atoms with Crippen LogP contribution in [0.3, 0.4) is 0 Å². The zero-order valence-corrected chi connectivity index (χ0v) is 7.16. The number of aliphatic hydroxyl groups excluding tert-OH is 1. The molecule has 0 spiro atoms. The van der Waals surface area contributed by atoms with Gasteiger partial charge in [-0.05, 0) is 12.8 Å². The molecular weight excluding hydrogens is 203 g/mol. The Balaban J connectivity index is 2.72. The molecule has 1 fully saturated rings. The van der Waals surface area contributed by atoms with Crippen molar-refractivity contribution in [2.45, 2.75) is 31.2 Å². The van der Waals surface area contributed by atoms with Gasteiger partial charge in [-0.15, -0.1) is 0 Å². The average molecular weight is 213 g/mol. The average Bonchev–Trinajstić information content (AvgIpc) is 2.48.